The molecule has 8 nitrogen and oxygen atoms in total. The predicted molar refractivity (Wildman–Crippen MR) is 137 cm³/mol. The molecule has 1 N–H and O–H groups in total. The minimum atomic E-state index is -2.72. The van der Waals surface area contributed by atoms with E-state index < -0.39 is 23.7 Å². The van der Waals surface area contributed by atoms with E-state index in [0.717, 1.165) is 18.8 Å². The maximum atomic E-state index is 13.7. The molecule has 0 radical (unpaired) electrons. The summed E-state index contributed by atoms with van der Waals surface area (Å²) in [6, 6.07) is 8.96. The van der Waals surface area contributed by atoms with Crippen molar-refractivity contribution in [2.45, 2.75) is 24.8 Å². The van der Waals surface area contributed by atoms with Crippen molar-refractivity contribution >= 4 is 28.7 Å². The van der Waals surface area contributed by atoms with E-state index in [1.807, 2.05) is 6.07 Å². The van der Waals surface area contributed by atoms with Crippen molar-refractivity contribution in [3.63, 3.8) is 0 Å². The van der Waals surface area contributed by atoms with Crippen LogP contribution in [0.1, 0.15) is 29.4 Å². The number of rotatable bonds is 6. The summed E-state index contributed by atoms with van der Waals surface area (Å²) in [4.78, 5) is 28.4. The monoisotopic (exact) mass is 540 g/mol. The van der Waals surface area contributed by atoms with Crippen molar-refractivity contribution in [3.8, 4) is 22.0 Å². The molecule has 38 heavy (non-hydrogen) atoms. The van der Waals surface area contributed by atoms with Crippen molar-refractivity contribution in [1.29, 1.82) is 0 Å². The molecule has 2 aliphatic rings. The van der Waals surface area contributed by atoms with Crippen LogP contribution in [0.25, 0.3) is 22.0 Å². The van der Waals surface area contributed by atoms with Gasteiger partial charge in [-0.2, -0.15) is 0 Å². The largest absolute Gasteiger partial charge is 0.378 e. The molecule has 4 heterocycles. The van der Waals surface area contributed by atoms with Crippen molar-refractivity contribution in [2.75, 3.05) is 36.5 Å². The van der Waals surface area contributed by atoms with Gasteiger partial charge in [-0.3, -0.25) is 4.79 Å². The Morgan fingerprint density at radius 1 is 1.08 bits per heavy atom. The number of carbonyl (C=O) groups excluding carboxylic acids is 1. The van der Waals surface area contributed by atoms with E-state index in [9.17, 15) is 18.0 Å². The number of hydrogen-bond donors (Lipinski definition) is 1. The van der Waals surface area contributed by atoms with Gasteiger partial charge in [0, 0.05) is 42.9 Å². The van der Waals surface area contributed by atoms with Gasteiger partial charge in [-0.15, -0.1) is 11.3 Å². The van der Waals surface area contributed by atoms with E-state index in [2.05, 4.69) is 25.2 Å². The maximum absolute atomic E-state index is 13.7. The number of amides is 1. The second-order valence-electron chi connectivity index (χ2n) is 9.27. The number of benzene rings is 1. The van der Waals surface area contributed by atoms with Gasteiger partial charge in [0.1, 0.15) is 28.0 Å². The first-order valence-electron chi connectivity index (χ1n) is 12.1. The Labute approximate surface area is 220 Å². The van der Waals surface area contributed by atoms with Crippen LogP contribution >= 0.6 is 11.3 Å². The van der Waals surface area contributed by atoms with Gasteiger partial charge in [0.2, 0.25) is 0 Å². The fourth-order valence-corrected chi connectivity index (χ4v) is 5.48. The Kier molecular flexibility index (Phi) is 6.36. The van der Waals surface area contributed by atoms with Crippen molar-refractivity contribution < 1.29 is 22.7 Å². The number of imidazole rings is 1. The molecule has 12 heteroatoms. The quantitative estimate of drug-likeness (QED) is 0.359. The molecule has 1 saturated carbocycles. The Morgan fingerprint density at radius 2 is 1.84 bits per heavy atom. The second kappa shape index (κ2) is 9.84. The normalized spacial score (nSPS) is 17.3. The number of hydrogen-bond acceptors (Lipinski definition) is 7. The average molecular weight is 541 g/mol. The topological polar surface area (TPSA) is 85.2 Å². The van der Waals surface area contributed by atoms with Gasteiger partial charge in [0.05, 0.1) is 37.1 Å². The molecular weight excluding hydrogens is 517 g/mol. The lowest BCUT2D eigenvalue weighted by molar-refractivity contribution is -0.103. The first-order chi connectivity index (χ1) is 18.4. The van der Waals surface area contributed by atoms with Crippen molar-refractivity contribution in [1.82, 2.24) is 19.5 Å². The van der Waals surface area contributed by atoms with Crippen LogP contribution in [-0.2, 0) is 4.74 Å². The van der Waals surface area contributed by atoms with Crippen molar-refractivity contribution in [3.05, 3.63) is 65.8 Å². The van der Waals surface area contributed by atoms with Crippen LogP contribution in [0.3, 0.4) is 0 Å². The Morgan fingerprint density at radius 3 is 2.53 bits per heavy atom. The van der Waals surface area contributed by atoms with E-state index >= 15 is 0 Å². The first-order valence-corrected chi connectivity index (χ1v) is 13.0. The molecule has 1 amide bonds. The van der Waals surface area contributed by atoms with E-state index in [1.54, 1.807) is 34.3 Å². The lowest BCUT2D eigenvalue weighted by Gasteiger charge is -2.36. The van der Waals surface area contributed by atoms with Gasteiger partial charge in [-0.05, 0) is 36.4 Å². The van der Waals surface area contributed by atoms with Crippen LogP contribution in [0.2, 0.25) is 0 Å². The zero-order valence-corrected chi connectivity index (χ0v) is 20.9. The molecule has 0 spiro atoms. The van der Waals surface area contributed by atoms with Gasteiger partial charge in [-0.25, -0.2) is 28.1 Å². The van der Waals surface area contributed by atoms with Crippen LogP contribution in [-0.4, -0.2) is 57.7 Å². The van der Waals surface area contributed by atoms with E-state index in [1.165, 1.54) is 29.8 Å². The fraction of sp³-hybridized carbons (Fsp3) is 0.308. The van der Waals surface area contributed by atoms with Crippen LogP contribution < -0.4 is 10.2 Å². The molecule has 0 atom stereocenters. The minimum absolute atomic E-state index is 0.167. The Balaban J connectivity index is 1.24. The summed E-state index contributed by atoms with van der Waals surface area (Å²) in [6.07, 6.45) is 2.61. The maximum Gasteiger partial charge on any atom is 0.276 e. The SMILES string of the molecule is O=C(Nc1ccc(N2CCOCC2)cn1)c1csc(-c2c(-c3ccc(F)cc3)ncn2C2CC(F)(F)C2)n1. The number of morpholine rings is 1. The summed E-state index contributed by atoms with van der Waals surface area (Å²) >= 11 is 1.21. The molecule has 0 unspecified atom stereocenters. The minimum Gasteiger partial charge on any atom is -0.378 e. The molecule has 1 aliphatic carbocycles. The summed E-state index contributed by atoms with van der Waals surface area (Å²) in [5.74, 6) is -3.17. The third-order valence-corrected chi connectivity index (χ3v) is 7.53. The molecular formula is C26H23F3N6O2S. The summed E-state index contributed by atoms with van der Waals surface area (Å²) in [5, 5.41) is 4.82. The molecule has 4 aromatic rings. The lowest BCUT2D eigenvalue weighted by atomic mass is 9.88. The molecule has 3 aromatic heterocycles. The zero-order chi connectivity index (χ0) is 26.3. The van der Waals surface area contributed by atoms with Gasteiger partial charge in [-0.1, -0.05) is 0 Å². The molecule has 196 valence electrons. The smallest absolute Gasteiger partial charge is 0.276 e. The number of halogens is 3. The third kappa shape index (κ3) is 4.88. The fourth-order valence-electron chi connectivity index (χ4n) is 4.63. The van der Waals surface area contributed by atoms with Gasteiger partial charge < -0.3 is 19.5 Å². The first kappa shape index (κ1) is 24.6. The average Bonchev–Trinajstić information content (AvgIpc) is 3.56. The predicted octanol–water partition coefficient (Wildman–Crippen LogP) is 5.27. The van der Waals surface area contributed by atoms with E-state index in [4.69, 9.17) is 4.74 Å². The molecule has 1 saturated heterocycles. The number of nitrogens with one attached hydrogen (secondary N) is 1. The number of alkyl halides is 2. The molecule has 1 aliphatic heterocycles. The number of thiazole rings is 1. The standard InChI is InChI=1S/C26H23F3N6O2S/c27-17-3-1-16(2-4-17)22-23(35(15-31-22)19-11-26(28,29)12-19)25-32-20(14-38-25)24(36)33-21-6-5-18(13-30-21)34-7-9-37-10-8-34/h1-6,13-15,19H,7-12H2,(H,30,33,36). The van der Waals surface area contributed by atoms with Crippen molar-refractivity contribution in [2.24, 2.45) is 0 Å². The summed E-state index contributed by atoms with van der Waals surface area (Å²) < 4.78 is 47.9. The number of pyridine rings is 1. The highest BCUT2D eigenvalue weighted by Crippen LogP contribution is 2.48. The van der Waals surface area contributed by atoms with Gasteiger partial charge in [0.25, 0.3) is 11.8 Å². The van der Waals surface area contributed by atoms with Crippen LogP contribution in [0.5, 0.6) is 0 Å². The molecule has 1 aromatic carbocycles. The number of aromatic nitrogens is 4. The van der Waals surface area contributed by atoms with Gasteiger partial charge in [0.15, 0.2) is 0 Å². The highest BCUT2D eigenvalue weighted by Gasteiger charge is 2.47. The highest BCUT2D eigenvalue weighted by atomic mass is 32.1. The van der Waals surface area contributed by atoms with E-state index in [0.29, 0.717) is 41.0 Å². The van der Waals surface area contributed by atoms with E-state index in [-0.39, 0.29) is 18.5 Å². The van der Waals surface area contributed by atoms with Crippen LogP contribution in [0.15, 0.2) is 54.3 Å². The zero-order valence-electron chi connectivity index (χ0n) is 20.1. The lowest BCUT2D eigenvalue weighted by Crippen LogP contribution is -2.37. The molecule has 2 fully saturated rings. The number of carbonyl (C=O) groups is 1. The highest BCUT2D eigenvalue weighted by molar-refractivity contribution is 7.13. The number of anilines is 2. The summed E-state index contributed by atoms with van der Waals surface area (Å²) in [5.41, 5.74) is 2.75. The molecule has 6 rings (SSSR count). The Bertz CT molecular complexity index is 1440. The number of ether oxygens (including phenoxy) is 1. The second-order valence-corrected chi connectivity index (χ2v) is 10.1. The number of nitrogens with zero attached hydrogens (tertiary/aromatic N) is 5. The Hall–Kier alpha value is -3.77. The summed E-state index contributed by atoms with van der Waals surface area (Å²) in [7, 11) is 0. The molecule has 0 bridgehead atoms. The van der Waals surface area contributed by atoms with Crippen LogP contribution in [0, 0.1) is 5.82 Å². The van der Waals surface area contributed by atoms with Gasteiger partial charge >= 0.3 is 0 Å². The van der Waals surface area contributed by atoms with Crippen LogP contribution in [0.4, 0.5) is 24.7 Å². The third-order valence-electron chi connectivity index (χ3n) is 6.68. The summed E-state index contributed by atoms with van der Waals surface area (Å²) in [6.45, 7) is 2.89.